The standard InChI is InChI=1S/C19H30N2O.ClH/c1-18(2,16-9-5-3-6-10-16)15-21-17(22)13-19(14-20)11-7-4-8-12-19;/h3,5-6,9-10H,4,7-8,11-15,20H2,1-2H3,(H,21,22);1H. The summed E-state index contributed by atoms with van der Waals surface area (Å²) in [6.45, 7) is 5.63. The molecule has 0 aliphatic heterocycles. The van der Waals surface area contributed by atoms with Gasteiger partial charge in [-0.2, -0.15) is 0 Å². The van der Waals surface area contributed by atoms with E-state index in [1.165, 1.54) is 24.8 Å². The zero-order valence-corrected chi connectivity index (χ0v) is 15.3. The second kappa shape index (κ2) is 8.70. The first-order chi connectivity index (χ1) is 10.5. The molecule has 0 atom stereocenters. The maximum Gasteiger partial charge on any atom is 0.220 e. The number of hydrogen-bond acceptors (Lipinski definition) is 2. The summed E-state index contributed by atoms with van der Waals surface area (Å²) in [7, 11) is 0. The van der Waals surface area contributed by atoms with Crippen molar-refractivity contribution in [1.29, 1.82) is 0 Å². The molecule has 0 spiro atoms. The van der Waals surface area contributed by atoms with Crippen LogP contribution in [-0.2, 0) is 10.2 Å². The number of amides is 1. The lowest BCUT2D eigenvalue weighted by Crippen LogP contribution is -2.42. The Morgan fingerprint density at radius 2 is 1.78 bits per heavy atom. The molecular formula is C19H31ClN2O. The summed E-state index contributed by atoms with van der Waals surface area (Å²) in [6.07, 6.45) is 6.47. The molecule has 3 nitrogen and oxygen atoms in total. The minimum atomic E-state index is -0.0562. The van der Waals surface area contributed by atoms with Crippen molar-refractivity contribution in [2.75, 3.05) is 13.1 Å². The van der Waals surface area contributed by atoms with E-state index in [1.807, 2.05) is 18.2 Å². The lowest BCUT2D eigenvalue weighted by atomic mass is 9.71. The molecule has 1 aromatic rings. The molecular weight excluding hydrogens is 308 g/mol. The second-order valence-electron chi connectivity index (χ2n) is 7.47. The molecule has 0 heterocycles. The van der Waals surface area contributed by atoms with Crippen LogP contribution in [0.3, 0.4) is 0 Å². The number of halogens is 1. The molecule has 0 bridgehead atoms. The normalized spacial score (nSPS) is 17.2. The highest BCUT2D eigenvalue weighted by atomic mass is 35.5. The van der Waals surface area contributed by atoms with Gasteiger partial charge in [0.05, 0.1) is 0 Å². The number of carbonyl (C=O) groups is 1. The molecule has 4 heteroatoms. The Kier molecular flexibility index (Phi) is 7.56. The van der Waals surface area contributed by atoms with Gasteiger partial charge in [0.2, 0.25) is 5.91 Å². The molecule has 0 unspecified atom stereocenters. The Morgan fingerprint density at radius 1 is 1.17 bits per heavy atom. The van der Waals surface area contributed by atoms with E-state index in [0.717, 1.165) is 12.8 Å². The second-order valence-corrected chi connectivity index (χ2v) is 7.47. The van der Waals surface area contributed by atoms with Crippen LogP contribution < -0.4 is 11.1 Å². The molecule has 1 aliphatic rings. The highest BCUT2D eigenvalue weighted by Gasteiger charge is 2.33. The van der Waals surface area contributed by atoms with Crippen LogP contribution in [0.2, 0.25) is 0 Å². The Morgan fingerprint density at radius 3 is 2.35 bits per heavy atom. The third-order valence-electron chi connectivity index (χ3n) is 5.17. The van der Waals surface area contributed by atoms with Crippen molar-refractivity contribution in [2.45, 2.75) is 57.8 Å². The van der Waals surface area contributed by atoms with E-state index in [4.69, 9.17) is 5.73 Å². The molecule has 1 saturated carbocycles. The number of nitrogens with two attached hydrogens (primary N) is 1. The highest BCUT2D eigenvalue weighted by Crippen LogP contribution is 2.38. The van der Waals surface area contributed by atoms with E-state index in [0.29, 0.717) is 19.5 Å². The Bertz CT molecular complexity index is 481. The van der Waals surface area contributed by atoms with Gasteiger partial charge in [-0.3, -0.25) is 4.79 Å². The van der Waals surface area contributed by atoms with Crippen LogP contribution >= 0.6 is 12.4 Å². The van der Waals surface area contributed by atoms with E-state index in [1.54, 1.807) is 0 Å². The molecule has 0 radical (unpaired) electrons. The highest BCUT2D eigenvalue weighted by molar-refractivity contribution is 5.85. The smallest absolute Gasteiger partial charge is 0.220 e. The van der Waals surface area contributed by atoms with Gasteiger partial charge >= 0.3 is 0 Å². The number of nitrogens with one attached hydrogen (secondary N) is 1. The van der Waals surface area contributed by atoms with Gasteiger partial charge in [0.15, 0.2) is 0 Å². The lowest BCUT2D eigenvalue weighted by molar-refractivity contribution is -0.124. The summed E-state index contributed by atoms with van der Waals surface area (Å²) in [5.41, 5.74) is 7.22. The fourth-order valence-electron chi connectivity index (χ4n) is 3.47. The third kappa shape index (κ3) is 5.50. The van der Waals surface area contributed by atoms with Crippen molar-refractivity contribution in [1.82, 2.24) is 5.32 Å². The van der Waals surface area contributed by atoms with Crippen LogP contribution in [0.1, 0.15) is 57.9 Å². The molecule has 1 amide bonds. The topological polar surface area (TPSA) is 55.1 Å². The van der Waals surface area contributed by atoms with Crippen molar-refractivity contribution in [2.24, 2.45) is 11.1 Å². The molecule has 1 fully saturated rings. The summed E-state index contributed by atoms with van der Waals surface area (Å²) in [6, 6.07) is 10.4. The summed E-state index contributed by atoms with van der Waals surface area (Å²) in [5, 5.41) is 3.13. The van der Waals surface area contributed by atoms with Gasteiger partial charge in [0.25, 0.3) is 0 Å². The van der Waals surface area contributed by atoms with Gasteiger partial charge in [-0.1, -0.05) is 63.4 Å². The SMILES string of the molecule is CC(C)(CNC(=O)CC1(CN)CCCCC1)c1ccccc1.Cl. The minimum absolute atomic E-state index is 0. The van der Waals surface area contributed by atoms with Crippen molar-refractivity contribution in [3.05, 3.63) is 35.9 Å². The third-order valence-corrected chi connectivity index (χ3v) is 5.17. The zero-order valence-electron chi connectivity index (χ0n) is 14.4. The van der Waals surface area contributed by atoms with E-state index < -0.39 is 0 Å². The zero-order chi connectivity index (χ0) is 16.1. The van der Waals surface area contributed by atoms with Crippen LogP contribution in [0.4, 0.5) is 0 Å². The lowest BCUT2D eigenvalue weighted by Gasteiger charge is -2.36. The summed E-state index contributed by atoms with van der Waals surface area (Å²) < 4.78 is 0. The fourth-order valence-corrected chi connectivity index (χ4v) is 3.47. The van der Waals surface area contributed by atoms with E-state index in [-0.39, 0.29) is 29.1 Å². The van der Waals surface area contributed by atoms with Crippen molar-refractivity contribution >= 4 is 18.3 Å². The molecule has 1 aromatic carbocycles. The molecule has 1 aliphatic carbocycles. The van der Waals surface area contributed by atoms with Crippen LogP contribution in [0.15, 0.2) is 30.3 Å². The van der Waals surface area contributed by atoms with Crippen LogP contribution in [0.25, 0.3) is 0 Å². The van der Waals surface area contributed by atoms with Crippen LogP contribution in [-0.4, -0.2) is 19.0 Å². The number of rotatable bonds is 6. The largest absolute Gasteiger partial charge is 0.355 e. The molecule has 0 saturated heterocycles. The van der Waals surface area contributed by atoms with Gasteiger partial charge < -0.3 is 11.1 Å². The van der Waals surface area contributed by atoms with Gasteiger partial charge in [0, 0.05) is 18.4 Å². The maximum absolute atomic E-state index is 12.4. The summed E-state index contributed by atoms with van der Waals surface area (Å²) in [4.78, 5) is 12.4. The van der Waals surface area contributed by atoms with Gasteiger partial charge in [-0.25, -0.2) is 0 Å². The summed E-state index contributed by atoms with van der Waals surface area (Å²) in [5.74, 6) is 0.149. The first-order valence-corrected chi connectivity index (χ1v) is 8.50. The Balaban J connectivity index is 0.00000264. The van der Waals surface area contributed by atoms with Gasteiger partial charge in [0.1, 0.15) is 0 Å². The minimum Gasteiger partial charge on any atom is -0.355 e. The van der Waals surface area contributed by atoms with Crippen molar-refractivity contribution in [3.8, 4) is 0 Å². The molecule has 23 heavy (non-hydrogen) atoms. The van der Waals surface area contributed by atoms with Gasteiger partial charge in [-0.15, -0.1) is 12.4 Å². The van der Waals surface area contributed by atoms with E-state index in [2.05, 4.69) is 31.3 Å². The first kappa shape index (κ1) is 20.0. The molecule has 130 valence electrons. The number of benzene rings is 1. The monoisotopic (exact) mass is 338 g/mol. The predicted molar refractivity (Wildman–Crippen MR) is 98.9 cm³/mol. The average Bonchev–Trinajstić information content (AvgIpc) is 2.55. The van der Waals surface area contributed by atoms with E-state index in [9.17, 15) is 4.79 Å². The fraction of sp³-hybridized carbons (Fsp3) is 0.632. The Hall–Kier alpha value is -1.06. The maximum atomic E-state index is 12.4. The average molecular weight is 339 g/mol. The van der Waals surface area contributed by atoms with E-state index >= 15 is 0 Å². The van der Waals surface area contributed by atoms with Crippen molar-refractivity contribution in [3.63, 3.8) is 0 Å². The van der Waals surface area contributed by atoms with Crippen LogP contribution in [0, 0.1) is 5.41 Å². The molecule has 3 N–H and O–H groups in total. The van der Waals surface area contributed by atoms with Crippen LogP contribution in [0.5, 0.6) is 0 Å². The Labute approximate surface area is 146 Å². The predicted octanol–water partition coefficient (Wildman–Crippen LogP) is 3.80. The van der Waals surface area contributed by atoms with Gasteiger partial charge in [-0.05, 0) is 30.4 Å². The number of hydrogen-bond donors (Lipinski definition) is 2. The van der Waals surface area contributed by atoms with Crippen molar-refractivity contribution < 1.29 is 4.79 Å². The molecule has 2 rings (SSSR count). The first-order valence-electron chi connectivity index (χ1n) is 8.50. The molecule has 0 aromatic heterocycles. The quantitative estimate of drug-likeness (QED) is 0.828. The number of carbonyl (C=O) groups excluding carboxylic acids is 1. The summed E-state index contributed by atoms with van der Waals surface area (Å²) >= 11 is 0.